The number of aryl methyl sites for hydroxylation is 1. The number of imide groups is 1. The minimum atomic E-state index is -1.55. The highest BCUT2D eigenvalue weighted by molar-refractivity contribution is 6.13. The van der Waals surface area contributed by atoms with Gasteiger partial charge in [-0.3, -0.25) is 19.3 Å². The highest BCUT2D eigenvalue weighted by Crippen LogP contribution is 2.37. The summed E-state index contributed by atoms with van der Waals surface area (Å²) in [4.78, 5) is 56.1. The lowest BCUT2D eigenvalue weighted by Gasteiger charge is -2.28. The molecule has 1 saturated heterocycles. The molecular weight excluding hydrogens is 462 g/mol. The molecule has 0 saturated carbocycles. The fraction of sp³-hybridized carbons (Fsp3) is 0.259. The van der Waals surface area contributed by atoms with Crippen LogP contribution in [0, 0.1) is 13.8 Å². The van der Waals surface area contributed by atoms with Crippen LogP contribution in [0.5, 0.6) is 11.5 Å². The first-order valence-corrected chi connectivity index (χ1v) is 11.3. The highest BCUT2D eigenvalue weighted by atomic mass is 16.5. The SMILES string of the molecule is COc1ccc(C2(c3ccc(OC)cc3)NC(=O)N(CC(=O)c3[nH]c(C)c(C(C)=O)c3C)C2=O)cc1. The Labute approximate surface area is 208 Å². The number of carbonyl (C=O) groups is 4. The summed E-state index contributed by atoms with van der Waals surface area (Å²) >= 11 is 0. The van der Waals surface area contributed by atoms with E-state index >= 15 is 0 Å². The summed E-state index contributed by atoms with van der Waals surface area (Å²) in [6, 6.07) is 12.9. The van der Waals surface area contributed by atoms with Crippen molar-refractivity contribution in [2.24, 2.45) is 0 Å². The van der Waals surface area contributed by atoms with Crippen LogP contribution in [0.25, 0.3) is 0 Å². The van der Waals surface area contributed by atoms with Gasteiger partial charge < -0.3 is 19.8 Å². The van der Waals surface area contributed by atoms with E-state index in [1.54, 1.807) is 62.4 Å². The number of rotatable bonds is 8. The van der Waals surface area contributed by atoms with Crippen LogP contribution in [-0.4, -0.2) is 54.2 Å². The van der Waals surface area contributed by atoms with Gasteiger partial charge in [0.05, 0.1) is 26.5 Å². The van der Waals surface area contributed by atoms with Gasteiger partial charge in [0.25, 0.3) is 5.91 Å². The average molecular weight is 490 g/mol. The quantitative estimate of drug-likeness (QED) is 0.369. The van der Waals surface area contributed by atoms with Crippen LogP contribution in [0.3, 0.4) is 0 Å². The number of ketones is 2. The average Bonchev–Trinajstić information content (AvgIpc) is 3.31. The molecule has 0 unspecified atom stereocenters. The predicted molar refractivity (Wildman–Crippen MR) is 132 cm³/mol. The molecule has 0 radical (unpaired) electrons. The van der Waals surface area contributed by atoms with Crippen LogP contribution >= 0.6 is 0 Å². The Morgan fingerprint density at radius 3 is 1.81 bits per heavy atom. The number of urea groups is 1. The lowest BCUT2D eigenvalue weighted by Crippen LogP contribution is -2.45. The van der Waals surface area contributed by atoms with Gasteiger partial charge in [-0.15, -0.1) is 0 Å². The Hall–Kier alpha value is -4.40. The summed E-state index contributed by atoms with van der Waals surface area (Å²) in [5.74, 6) is -0.0679. The number of methoxy groups -OCH3 is 2. The number of amides is 3. The molecule has 1 aliphatic rings. The van der Waals surface area contributed by atoms with Crippen molar-refractivity contribution in [1.29, 1.82) is 0 Å². The normalized spacial score (nSPS) is 14.5. The van der Waals surface area contributed by atoms with Crippen molar-refractivity contribution in [1.82, 2.24) is 15.2 Å². The molecule has 2 heterocycles. The maximum Gasteiger partial charge on any atom is 0.325 e. The number of hydrogen-bond acceptors (Lipinski definition) is 6. The van der Waals surface area contributed by atoms with Crippen LogP contribution in [0.2, 0.25) is 0 Å². The molecule has 186 valence electrons. The Bertz CT molecular complexity index is 1310. The fourth-order valence-corrected chi connectivity index (χ4v) is 4.74. The van der Waals surface area contributed by atoms with Crippen LogP contribution < -0.4 is 14.8 Å². The second-order valence-corrected chi connectivity index (χ2v) is 8.63. The lowest BCUT2D eigenvalue weighted by molar-refractivity contribution is -0.130. The zero-order valence-corrected chi connectivity index (χ0v) is 20.7. The zero-order chi connectivity index (χ0) is 26.2. The van der Waals surface area contributed by atoms with Crippen LogP contribution in [0.1, 0.15) is 50.2 Å². The van der Waals surface area contributed by atoms with Gasteiger partial charge in [0.1, 0.15) is 11.5 Å². The monoisotopic (exact) mass is 489 g/mol. The van der Waals surface area contributed by atoms with E-state index < -0.39 is 29.8 Å². The van der Waals surface area contributed by atoms with E-state index in [0.717, 1.165) is 4.90 Å². The van der Waals surface area contributed by atoms with E-state index in [1.165, 1.54) is 21.1 Å². The Kier molecular flexibility index (Phi) is 6.41. The molecule has 0 spiro atoms. The summed E-state index contributed by atoms with van der Waals surface area (Å²) in [7, 11) is 3.07. The van der Waals surface area contributed by atoms with Gasteiger partial charge in [0.15, 0.2) is 17.1 Å². The Morgan fingerprint density at radius 2 is 1.39 bits per heavy atom. The van der Waals surface area contributed by atoms with Gasteiger partial charge >= 0.3 is 6.03 Å². The van der Waals surface area contributed by atoms with Crippen molar-refractivity contribution in [3.05, 3.63) is 82.2 Å². The third-order valence-corrected chi connectivity index (χ3v) is 6.52. The standard InChI is InChI=1S/C27H27N3O6/c1-15-23(17(3)31)16(2)28-24(15)22(32)14-30-25(33)27(29-26(30)34,18-6-10-20(35-4)11-7-18)19-8-12-21(36-5)13-9-19/h6-13,28H,14H2,1-5H3,(H,29,34). The van der Waals surface area contributed by atoms with E-state index in [9.17, 15) is 19.2 Å². The smallest absolute Gasteiger partial charge is 0.325 e. The molecule has 2 aromatic carbocycles. The van der Waals surface area contributed by atoms with E-state index in [2.05, 4.69) is 10.3 Å². The number of nitrogens with one attached hydrogen (secondary N) is 2. The molecule has 0 aliphatic carbocycles. The first kappa shape index (κ1) is 24.7. The first-order chi connectivity index (χ1) is 17.1. The molecule has 3 aromatic rings. The fourth-order valence-electron chi connectivity index (χ4n) is 4.74. The molecule has 2 N–H and O–H groups in total. The molecule has 9 heteroatoms. The zero-order valence-electron chi connectivity index (χ0n) is 20.7. The predicted octanol–water partition coefficient (Wildman–Crippen LogP) is 3.53. The Morgan fingerprint density at radius 1 is 0.889 bits per heavy atom. The van der Waals surface area contributed by atoms with Gasteiger partial charge in [0, 0.05) is 11.3 Å². The molecule has 9 nitrogen and oxygen atoms in total. The van der Waals surface area contributed by atoms with Crippen LogP contribution in [0.4, 0.5) is 4.79 Å². The number of carbonyl (C=O) groups excluding carboxylic acids is 4. The molecule has 4 rings (SSSR count). The maximum absolute atomic E-state index is 13.9. The number of benzene rings is 2. The van der Waals surface area contributed by atoms with Gasteiger partial charge in [0.2, 0.25) is 0 Å². The third-order valence-electron chi connectivity index (χ3n) is 6.52. The topological polar surface area (TPSA) is 118 Å². The summed E-state index contributed by atoms with van der Waals surface area (Å²) in [5, 5.41) is 2.82. The number of nitrogens with zero attached hydrogens (tertiary/aromatic N) is 1. The van der Waals surface area contributed by atoms with E-state index in [-0.39, 0.29) is 11.5 Å². The minimum Gasteiger partial charge on any atom is -0.497 e. The third kappa shape index (κ3) is 3.92. The molecule has 0 atom stereocenters. The highest BCUT2D eigenvalue weighted by Gasteiger charge is 2.54. The van der Waals surface area contributed by atoms with Gasteiger partial charge in [-0.2, -0.15) is 0 Å². The summed E-state index contributed by atoms with van der Waals surface area (Å²) in [5.41, 5.74) is 1.15. The number of Topliss-reactive ketones (excluding diaryl/α,β-unsaturated/α-hetero) is 2. The largest absolute Gasteiger partial charge is 0.497 e. The van der Waals surface area contributed by atoms with Crippen LogP contribution in [-0.2, 0) is 10.3 Å². The van der Waals surface area contributed by atoms with Crippen molar-refractivity contribution < 1.29 is 28.7 Å². The molecule has 1 fully saturated rings. The summed E-state index contributed by atoms with van der Waals surface area (Å²) < 4.78 is 10.5. The van der Waals surface area contributed by atoms with E-state index in [1.807, 2.05) is 0 Å². The number of H-pyrrole nitrogens is 1. The lowest BCUT2D eigenvalue weighted by atomic mass is 9.82. The van der Waals surface area contributed by atoms with E-state index in [4.69, 9.17) is 9.47 Å². The molecule has 0 bridgehead atoms. The summed E-state index contributed by atoms with van der Waals surface area (Å²) in [6.07, 6.45) is 0. The van der Waals surface area contributed by atoms with Gasteiger partial charge in [-0.1, -0.05) is 24.3 Å². The van der Waals surface area contributed by atoms with Gasteiger partial charge in [-0.05, 0) is 61.7 Å². The number of aromatic amines is 1. The molecule has 3 amide bonds. The minimum absolute atomic E-state index is 0.173. The number of aromatic nitrogens is 1. The van der Waals surface area contributed by atoms with Crippen molar-refractivity contribution in [2.45, 2.75) is 26.3 Å². The van der Waals surface area contributed by atoms with Crippen molar-refractivity contribution in [2.75, 3.05) is 20.8 Å². The molecule has 36 heavy (non-hydrogen) atoms. The molecule has 1 aromatic heterocycles. The van der Waals surface area contributed by atoms with Crippen molar-refractivity contribution in [3.8, 4) is 11.5 Å². The first-order valence-electron chi connectivity index (χ1n) is 11.3. The Balaban J connectivity index is 1.75. The second kappa shape index (κ2) is 9.33. The number of ether oxygens (including phenoxy) is 2. The second-order valence-electron chi connectivity index (χ2n) is 8.63. The van der Waals surface area contributed by atoms with Crippen LogP contribution in [0.15, 0.2) is 48.5 Å². The number of hydrogen-bond donors (Lipinski definition) is 2. The molecular formula is C27H27N3O6. The van der Waals surface area contributed by atoms with Crippen molar-refractivity contribution in [3.63, 3.8) is 0 Å². The van der Waals surface area contributed by atoms with Crippen molar-refractivity contribution >= 4 is 23.5 Å². The van der Waals surface area contributed by atoms with Gasteiger partial charge in [-0.25, -0.2) is 4.79 Å². The van der Waals surface area contributed by atoms with E-state index in [0.29, 0.717) is 39.4 Å². The maximum atomic E-state index is 13.9. The molecule has 1 aliphatic heterocycles. The summed E-state index contributed by atoms with van der Waals surface area (Å²) in [6.45, 7) is 4.30.